The predicted octanol–water partition coefficient (Wildman–Crippen LogP) is 6.49. The fourth-order valence-electron chi connectivity index (χ4n) is 4.67. The van der Waals surface area contributed by atoms with Crippen molar-refractivity contribution in [1.29, 1.82) is 0 Å². The largest absolute Gasteiger partial charge is 0.490 e. The van der Waals surface area contributed by atoms with Crippen LogP contribution < -0.4 is 19.6 Å². The van der Waals surface area contributed by atoms with E-state index in [1.54, 1.807) is 38.1 Å². The maximum absolute atomic E-state index is 12.7. The van der Waals surface area contributed by atoms with E-state index in [1.165, 1.54) is 6.21 Å². The normalized spacial score (nSPS) is 11.7. The first kappa shape index (κ1) is 32.7. The van der Waals surface area contributed by atoms with Crippen LogP contribution in [0, 0.1) is 13.8 Å². The number of hydrazone groups is 1. The first-order valence-electron chi connectivity index (χ1n) is 14.8. The third-order valence-electron chi connectivity index (χ3n) is 6.74. The van der Waals surface area contributed by atoms with Gasteiger partial charge in [-0.25, -0.2) is 10.2 Å². The Morgan fingerprint density at radius 2 is 1.73 bits per heavy atom. The van der Waals surface area contributed by atoms with Gasteiger partial charge >= 0.3 is 11.9 Å². The molecule has 45 heavy (non-hydrogen) atoms. The highest BCUT2D eigenvalue weighted by molar-refractivity contribution is 5.92. The lowest BCUT2D eigenvalue weighted by Crippen LogP contribution is -2.26. The van der Waals surface area contributed by atoms with Gasteiger partial charge in [-0.15, -0.1) is 6.58 Å². The molecule has 10 heteroatoms. The summed E-state index contributed by atoms with van der Waals surface area (Å²) < 4.78 is 30.5. The summed E-state index contributed by atoms with van der Waals surface area (Å²) in [6.45, 7) is 13.9. The number of ether oxygens (including phenoxy) is 4. The number of benzene rings is 2. The molecule has 0 saturated heterocycles. The lowest BCUT2D eigenvalue weighted by atomic mass is 10.1. The van der Waals surface area contributed by atoms with E-state index >= 15 is 0 Å². The molecule has 0 bridgehead atoms. The maximum Gasteiger partial charge on any atom is 0.347 e. The summed E-state index contributed by atoms with van der Waals surface area (Å²) in [5.41, 5.74) is 7.23. The molecule has 1 atom stereocenters. The van der Waals surface area contributed by atoms with Gasteiger partial charge in [-0.1, -0.05) is 6.08 Å². The summed E-state index contributed by atoms with van der Waals surface area (Å²) >= 11 is 0. The summed E-state index contributed by atoms with van der Waals surface area (Å²) in [6.07, 6.45) is 2.82. The van der Waals surface area contributed by atoms with E-state index < -0.39 is 18.0 Å². The first-order valence-corrected chi connectivity index (χ1v) is 14.8. The quantitative estimate of drug-likeness (QED) is 0.0706. The van der Waals surface area contributed by atoms with E-state index in [0.29, 0.717) is 41.6 Å². The molecule has 0 fully saturated rings. The number of aromatic nitrogens is 1. The Bertz CT molecular complexity index is 1630. The van der Waals surface area contributed by atoms with Gasteiger partial charge < -0.3 is 27.9 Å². The van der Waals surface area contributed by atoms with Crippen LogP contribution in [0.1, 0.15) is 59.6 Å². The third-order valence-corrected chi connectivity index (χ3v) is 6.74. The van der Waals surface area contributed by atoms with E-state index in [-0.39, 0.29) is 19.0 Å². The average molecular weight is 614 g/mol. The van der Waals surface area contributed by atoms with E-state index in [4.69, 9.17) is 23.4 Å². The van der Waals surface area contributed by atoms with Gasteiger partial charge in [0.05, 0.1) is 19.4 Å². The highest BCUT2D eigenvalue weighted by atomic mass is 16.6. The van der Waals surface area contributed by atoms with Crippen LogP contribution in [0.4, 0.5) is 0 Å². The number of carbonyl (C=O) groups excluding carboxylic acids is 2. The van der Waals surface area contributed by atoms with Crippen molar-refractivity contribution in [1.82, 2.24) is 9.99 Å². The summed E-state index contributed by atoms with van der Waals surface area (Å²) in [5, 5.41) is 4.09. The van der Waals surface area contributed by atoms with Crippen LogP contribution in [-0.2, 0) is 22.6 Å². The zero-order valence-electron chi connectivity index (χ0n) is 26.3. The molecule has 10 nitrogen and oxygen atoms in total. The molecule has 0 saturated carbocycles. The van der Waals surface area contributed by atoms with E-state index in [9.17, 15) is 9.59 Å². The van der Waals surface area contributed by atoms with Gasteiger partial charge in [-0.2, -0.15) is 5.10 Å². The van der Waals surface area contributed by atoms with Gasteiger partial charge in [0.25, 0.3) is 0 Å². The fourth-order valence-corrected chi connectivity index (χ4v) is 4.67. The monoisotopic (exact) mass is 613 g/mol. The van der Waals surface area contributed by atoms with Crippen molar-refractivity contribution in [2.45, 2.75) is 53.8 Å². The first-order chi connectivity index (χ1) is 21.7. The molecule has 0 radical (unpaired) electrons. The number of esters is 1. The second-order valence-electron chi connectivity index (χ2n) is 10.1. The van der Waals surface area contributed by atoms with Gasteiger partial charge in [0.15, 0.2) is 23.4 Å². The zero-order valence-corrected chi connectivity index (χ0v) is 26.3. The maximum atomic E-state index is 12.7. The number of rotatable bonds is 15. The Balaban J connectivity index is 1.38. The topological polar surface area (TPSA) is 114 Å². The number of nitrogens with zero attached hydrogens (tertiary/aromatic N) is 2. The Kier molecular flexibility index (Phi) is 11.2. The molecule has 0 aliphatic rings. The van der Waals surface area contributed by atoms with Gasteiger partial charge in [0.1, 0.15) is 18.1 Å². The van der Waals surface area contributed by atoms with Crippen molar-refractivity contribution in [3.8, 4) is 22.9 Å². The minimum absolute atomic E-state index is 0.0960. The van der Waals surface area contributed by atoms with E-state index in [1.807, 2.05) is 37.3 Å². The van der Waals surface area contributed by atoms with Gasteiger partial charge in [-0.05, 0) is 107 Å². The number of carbonyl (C=O) groups is 2. The Morgan fingerprint density at radius 1 is 1.00 bits per heavy atom. The summed E-state index contributed by atoms with van der Waals surface area (Å²) in [4.78, 5) is 24.9. The van der Waals surface area contributed by atoms with Crippen molar-refractivity contribution in [2.75, 3.05) is 13.2 Å². The molecule has 1 amide bonds. The lowest BCUT2D eigenvalue weighted by Gasteiger charge is -2.19. The Morgan fingerprint density at radius 3 is 2.40 bits per heavy atom. The molecule has 1 N–H and O–H groups in total. The zero-order chi connectivity index (χ0) is 32.3. The molecule has 4 aromatic rings. The molecule has 0 aliphatic heterocycles. The molecule has 0 aliphatic carbocycles. The summed E-state index contributed by atoms with van der Waals surface area (Å²) in [5.74, 6) is 1.14. The lowest BCUT2D eigenvalue weighted by molar-refractivity contribution is -0.150. The van der Waals surface area contributed by atoms with Gasteiger partial charge in [-0.3, -0.25) is 4.79 Å². The third kappa shape index (κ3) is 8.44. The molecule has 0 unspecified atom stereocenters. The SMILES string of the molecule is C=CCc1cc(/C=N/NC(=O)c2ccc(COc3ccc(-n4c(C)ccc4C)cc3)o2)cc(OCC)c1O[C@H](C)C(=O)OCC. The molecular formula is C35H39N3O7. The minimum atomic E-state index is -0.834. The highest BCUT2D eigenvalue weighted by Crippen LogP contribution is 2.34. The van der Waals surface area contributed by atoms with Crippen molar-refractivity contribution in [3.63, 3.8) is 0 Å². The van der Waals surface area contributed by atoms with Crippen molar-refractivity contribution >= 4 is 18.1 Å². The van der Waals surface area contributed by atoms with Crippen LogP contribution in [0.15, 0.2) is 82.8 Å². The van der Waals surface area contributed by atoms with Crippen molar-refractivity contribution in [3.05, 3.63) is 107 Å². The highest BCUT2D eigenvalue weighted by Gasteiger charge is 2.21. The minimum Gasteiger partial charge on any atom is -0.490 e. The predicted molar refractivity (Wildman–Crippen MR) is 172 cm³/mol. The molecule has 4 rings (SSSR count). The number of amides is 1. The number of hydrogen-bond donors (Lipinski definition) is 1. The van der Waals surface area contributed by atoms with E-state index in [0.717, 1.165) is 22.6 Å². The van der Waals surface area contributed by atoms with Crippen molar-refractivity contribution < 1.29 is 33.0 Å². The number of aryl methyl sites for hydroxylation is 2. The molecular weight excluding hydrogens is 574 g/mol. The number of nitrogens with one attached hydrogen (secondary N) is 1. The van der Waals surface area contributed by atoms with Crippen LogP contribution in [0.5, 0.6) is 17.2 Å². The number of allylic oxidation sites excluding steroid dienone is 1. The Labute approximate surface area is 263 Å². The molecule has 2 aromatic carbocycles. The van der Waals surface area contributed by atoms with Crippen LogP contribution >= 0.6 is 0 Å². The van der Waals surface area contributed by atoms with Crippen LogP contribution in [0.3, 0.4) is 0 Å². The number of hydrogen-bond acceptors (Lipinski definition) is 8. The van der Waals surface area contributed by atoms with Crippen LogP contribution in [0.2, 0.25) is 0 Å². The standard InChI is InChI=1S/C35H39N3O7/c1-7-10-27-19-26(20-32(41-8-2)33(27)44-25(6)35(40)42-9-3)21-36-37-34(39)31-18-17-30(45-31)22-43-29-15-13-28(14-16-29)38-23(4)11-12-24(38)5/h7,11-21,25H,1,8-10,22H2,2-6H3,(H,37,39)/b36-21+/t25-/m1/s1. The van der Waals surface area contributed by atoms with Gasteiger partial charge in [0.2, 0.25) is 0 Å². The second kappa shape index (κ2) is 15.5. The van der Waals surface area contributed by atoms with Crippen LogP contribution in [0.25, 0.3) is 5.69 Å². The molecule has 236 valence electrons. The average Bonchev–Trinajstić information content (AvgIpc) is 3.64. The Hall–Kier alpha value is -5.25. The second-order valence-corrected chi connectivity index (χ2v) is 10.1. The van der Waals surface area contributed by atoms with E-state index in [2.05, 4.69) is 47.7 Å². The summed E-state index contributed by atoms with van der Waals surface area (Å²) in [6, 6.07) is 18.7. The molecule has 2 heterocycles. The fraction of sp³-hybridized carbons (Fsp3) is 0.286. The van der Waals surface area contributed by atoms with Gasteiger partial charge in [0, 0.05) is 22.6 Å². The van der Waals surface area contributed by atoms with Crippen molar-refractivity contribution in [2.24, 2.45) is 5.10 Å². The summed E-state index contributed by atoms with van der Waals surface area (Å²) in [7, 11) is 0. The molecule has 0 spiro atoms. The smallest absolute Gasteiger partial charge is 0.347 e. The number of furan rings is 1. The molecule has 2 aromatic heterocycles. The van der Waals surface area contributed by atoms with Crippen LogP contribution in [-0.4, -0.2) is 42.0 Å².